The third-order valence-corrected chi connectivity index (χ3v) is 1.89. The molecule has 0 saturated carbocycles. The molecule has 0 aliphatic rings. The summed E-state index contributed by atoms with van der Waals surface area (Å²) in [5.74, 6) is 0.163. The van der Waals surface area contributed by atoms with Gasteiger partial charge in [-0.1, -0.05) is 30.3 Å². The molecule has 0 spiro atoms. The lowest BCUT2D eigenvalue weighted by Gasteiger charge is -2.08. The van der Waals surface area contributed by atoms with Gasteiger partial charge in [0.15, 0.2) is 0 Å². The molecule has 0 bridgehead atoms. The number of benzene rings is 1. The second-order valence-corrected chi connectivity index (χ2v) is 3.06. The van der Waals surface area contributed by atoms with Gasteiger partial charge in [-0.3, -0.25) is 0 Å². The highest BCUT2D eigenvalue weighted by Gasteiger charge is 2.05. The fourth-order valence-corrected chi connectivity index (χ4v) is 1.26. The number of hydrogen-bond acceptors (Lipinski definition) is 3. The van der Waals surface area contributed by atoms with Gasteiger partial charge in [0.2, 0.25) is 0 Å². The summed E-state index contributed by atoms with van der Waals surface area (Å²) in [5.41, 5.74) is 0.873. The van der Waals surface area contributed by atoms with Gasteiger partial charge in [0.05, 0.1) is 19.3 Å². The van der Waals surface area contributed by atoms with Crippen molar-refractivity contribution in [3.8, 4) is 0 Å². The van der Waals surface area contributed by atoms with Gasteiger partial charge < -0.3 is 9.47 Å². The van der Waals surface area contributed by atoms with Gasteiger partial charge in [0, 0.05) is 5.56 Å². The van der Waals surface area contributed by atoms with E-state index in [1.54, 1.807) is 6.92 Å². The maximum absolute atomic E-state index is 11.3. The van der Waals surface area contributed by atoms with Gasteiger partial charge in [-0.2, -0.15) is 0 Å². The minimum absolute atomic E-state index is 0.365. The topological polar surface area (TPSA) is 35.5 Å². The Labute approximate surface area is 95.7 Å². The lowest BCUT2D eigenvalue weighted by molar-refractivity contribution is -0.137. The highest BCUT2D eigenvalue weighted by molar-refractivity contribution is 5.89. The van der Waals surface area contributed by atoms with E-state index in [1.165, 1.54) is 6.08 Å². The Bertz CT molecular complexity index is 355. The first-order chi connectivity index (χ1) is 7.77. The van der Waals surface area contributed by atoms with Gasteiger partial charge in [-0.25, -0.2) is 4.79 Å². The Balaban J connectivity index is 2.86. The van der Waals surface area contributed by atoms with Crippen molar-refractivity contribution in [2.45, 2.75) is 13.8 Å². The second-order valence-electron chi connectivity index (χ2n) is 3.06. The third kappa shape index (κ3) is 3.77. The van der Waals surface area contributed by atoms with Crippen molar-refractivity contribution in [1.82, 2.24) is 0 Å². The van der Waals surface area contributed by atoms with Crippen LogP contribution in [0.3, 0.4) is 0 Å². The van der Waals surface area contributed by atoms with Crippen LogP contribution in [0.1, 0.15) is 19.4 Å². The molecule has 0 atom stereocenters. The van der Waals surface area contributed by atoms with Gasteiger partial charge >= 0.3 is 5.97 Å². The standard InChI is InChI=1S/C13H16O3/c1-3-15-12(10-13(14)16-4-2)11-8-6-5-7-9-11/h5-10H,3-4H2,1-2H3. The zero-order chi connectivity index (χ0) is 11.8. The monoisotopic (exact) mass is 220 g/mol. The van der Waals surface area contributed by atoms with Crippen molar-refractivity contribution in [3.63, 3.8) is 0 Å². The van der Waals surface area contributed by atoms with Crippen LogP contribution in [-0.4, -0.2) is 19.2 Å². The molecule has 86 valence electrons. The van der Waals surface area contributed by atoms with E-state index >= 15 is 0 Å². The SMILES string of the molecule is CCOC(=O)C=C(OCC)c1ccccc1. The smallest absolute Gasteiger partial charge is 0.334 e. The summed E-state index contributed by atoms with van der Waals surface area (Å²) in [7, 11) is 0. The summed E-state index contributed by atoms with van der Waals surface area (Å²) >= 11 is 0. The fourth-order valence-electron chi connectivity index (χ4n) is 1.26. The molecular formula is C13H16O3. The van der Waals surface area contributed by atoms with Crippen LogP contribution in [0.2, 0.25) is 0 Å². The third-order valence-electron chi connectivity index (χ3n) is 1.89. The van der Waals surface area contributed by atoms with Crippen LogP contribution in [0.15, 0.2) is 36.4 Å². The molecule has 0 heterocycles. The zero-order valence-corrected chi connectivity index (χ0v) is 9.60. The van der Waals surface area contributed by atoms with Crippen molar-refractivity contribution >= 4 is 11.7 Å². The number of ether oxygens (including phenoxy) is 2. The first kappa shape index (κ1) is 12.3. The van der Waals surface area contributed by atoms with E-state index in [-0.39, 0.29) is 5.97 Å². The van der Waals surface area contributed by atoms with Crippen molar-refractivity contribution in [2.24, 2.45) is 0 Å². The Morgan fingerprint density at radius 2 is 1.75 bits per heavy atom. The molecule has 0 saturated heterocycles. The molecule has 0 aliphatic heterocycles. The Morgan fingerprint density at radius 3 is 2.31 bits per heavy atom. The highest BCUT2D eigenvalue weighted by atomic mass is 16.5. The number of carbonyl (C=O) groups excluding carboxylic acids is 1. The van der Waals surface area contributed by atoms with Crippen LogP contribution < -0.4 is 0 Å². The van der Waals surface area contributed by atoms with Crippen molar-refractivity contribution in [1.29, 1.82) is 0 Å². The Morgan fingerprint density at radius 1 is 1.12 bits per heavy atom. The quantitative estimate of drug-likeness (QED) is 0.434. The summed E-state index contributed by atoms with van der Waals surface area (Å²) in [6, 6.07) is 9.49. The van der Waals surface area contributed by atoms with E-state index in [9.17, 15) is 4.79 Å². The summed E-state index contributed by atoms with van der Waals surface area (Å²) in [6.07, 6.45) is 1.38. The molecule has 3 heteroatoms. The lowest BCUT2D eigenvalue weighted by atomic mass is 10.2. The molecule has 3 nitrogen and oxygen atoms in total. The van der Waals surface area contributed by atoms with Crippen LogP contribution in [-0.2, 0) is 14.3 Å². The normalized spacial score (nSPS) is 11.0. The van der Waals surface area contributed by atoms with E-state index in [4.69, 9.17) is 9.47 Å². The van der Waals surface area contributed by atoms with Crippen LogP contribution >= 0.6 is 0 Å². The molecule has 0 amide bonds. The average molecular weight is 220 g/mol. The van der Waals surface area contributed by atoms with E-state index in [0.717, 1.165) is 5.56 Å². The maximum Gasteiger partial charge on any atom is 0.334 e. The number of esters is 1. The van der Waals surface area contributed by atoms with E-state index in [2.05, 4.69) is 0 Å². The van der Waals surface area contributed by atoms with Crippen molar-refractivity contribution in [3.05, 3.63) is 42.0 Å². The molecule has 16 heavy (non-hydrogen) atoms. The van der Waals surface area contributed by atoms with Gasteiger partial charge in [0.1, 0.15) is 5.76 Å². The minimum Gasteiger partial charge on any atom is -0.493 e. The lowest BCUT2D eigenvalue weighted by Crippen LogP contribution is -2.02. The molecule has 1 aromatic rings. The van der Waals surface area contributed by atoms with Crippen LogP contribution in [0.25, 0.3) is 5.76 Å². The number of rotatable bonds is 5. The molecule has 0 aromatic heterocycles. The fraction of sp³-hybridized carbons (Fsp3) is 0.308. The Hall–Kier alpha value is -1.77. The molecular weight excluding hydrogens is 204 g/mol. The van der Waals surface area contributed by atoms with E-state index in [0.29, 0.717) is 19.0 Å². The Kier molecular flexibility index (Phi) is 5.12. The molecule has 0 radical (unpaired) electrons. The highest BCUT2D eigenvalue weighted by Crippen LogP contribution is 2.15. The molecule has 0 fully saturated rings. The van der Waals surface area contributed by atoms with Crippen LogP contribution in [0.4, 0.5) is 0 Å². The van der Waals surface area contributed by atoms with Gasteiger partial charge in [-0.05, 0) is 13.8 Å². The van der Waals surface area contributed by atoms with Crippen molar-refractivity contribution < 1.29 is 14.3 Å². The molecule has 1 aromatic carbocycles. The van der Waals surface area contributed by atoms with Gasteiger partial charge in [-0.15, -0.1) is 0 Å². The molecule has 0 unspecified atom stereocenters. The predicted octanol–water partition coefficient (Wildman–Crippen LogP) is 2.63. The minimum atomic E-state index is -0.380. The van der Waals surface area contributed by atoms with Gasteiger partial charge in [0.25, 0.3) is 0 Å². The molecule has 1 rings (SSSR count). The largest absolute Gasteiger partial charge is 0.493 e. The molecule has 0 aliphatic carbocycles. The summed E-state index contributed by atoms with van der Waals surface area (Å²) in [4.78, 5) is 11.3. The van der Waals surface area contributed by atoms with Crippen molar-refractivity contribution in [2.75, 3.05) is 13.2 Å². The molecule has 0 N–H and O–H groups in total. The van der Waals surface area contributed by atoms with Crippen LogP contribution in [0, 0.1) is 0 Å². The van der Waals surface area contributed by atoms with E-state index in [1.807, 2.05) is 37.3 Å². The number of carbonyl (C=O) groups is 1. The predicted molar refractivity (Wildman–Crippen MR) is 62.7 cm³/mol. The maximum atomic E-state index is 11.3. The summed E-state index contributed by atoms with van der Waals surface area (Å²) < 4.78 is 10.3. The summed E-state index contributed by atoms with van der Waals surface area (Å²) in [5, 5.41) is 0. The zero-order valence-electron chi connectivity index (χ0n) is 9.60. The summed E-state index contributed by atoms with van der Waals surface area (Å²) in [6.45, 7) is 4.53. The first-order valence-corrected chi connectivity index (χ1v) is 5.34. The van der Waals surface area contributed by atoms with E-state index < -0.39 is 0 Å². The first-order valence-electron chi connectivity index (χ1n) is 5.34. The van der Waals surface area contributed by atoms with Crippen LogP contribution in [0.5, 0.6) is 0 Å². The second kappa shape index (κ2) is 6.67. The number of hydrogen-bond donors (Lipinski definition) is 0. The average Bonchev–Trinajstić information content (AvgIpc) is 2.30.